The first-order chi connectivity index (χ1) is 13.3. The third-order valence-corrected chi connectivity index (χ3v) is 5.81. The van der Waals surface area contributed by atoms with E-state index in [0.29, 0.717) is 27.9 Å². The summed E-state index contributed by atoms with van der Waals surface area (Å²) in [6.07, 6.45) is 1.06. The molecule has 2 aromatic rings. The van der Waals surface area contributed by atoms with Crippen molar-refractivity contribution >= 4 is 40.2 Å². The molecule has 150 valence electrons. The number of cyclic esters (lactones) is 1. The molecule has 0 spiro atoms. The van der Waals surface area contributed by atoms with E-state index in [1.807, 2.05) is 0 Å². The average Bonchev–Trinajstić information content (AvgIpc) is 3.24. The fraction of sp³-hybridized carbons (Fsp3) is 0.412. The highest BCUT2D eigenvalue weighted by Gasteiger charge is 2.32. The molecule has 1 aromatic heterocycles. The number of hydrogen-bond donors (Lipinski definition) is 1. The van der Waals surface area contributed by atoms with Gasteiger partial charge in [-0.15, -0.1) is 10.2 Å². The number of nitrogens with zero attached hydrogens (tertiary/aromatic N) is 3. The van der Waals surface area contributed by atoms with Crippen LogP contribution in [0.2, 0.25) is 0 Å². The van der Waals surface area contributed by atoms with Crippen LogP contribution in [0.25, 0.3) is 10.6 Å². The maximum absolute atomic E-state index is 14.6. The number of nitrogens with one attached hydrogen (secondary N) is 1. The lowest BCUT2D eigenvalue weighted by molar-refractivity contribution is -0.119. The summed E-state index contributed by atoms with van der Waals surface area (Å²) in [6.45, 7) is 1.80. The molecule has 2 atom stereocenters. The normalized spacial score (nSPS) is 17.5. The highest BCUT2D eigenvalue weighted by atomic mass is 32.2. The lowest BCUT2D eigenvalue weighted by Crippen LogP contribution is -2.33. The topological polar surface area (TPSA) is 107 Å². The van der Waals surface area contributed by atoms with Crippen molar-refractivity contribution in [2.75, 3.05) is 30.0 Å². The number of aryl methyl sites for hydroxylation is 1. The van der Waals surface area contributed by atoms with E-state index < -0.39 is 29.2 Å². The molecule has 1 N–H and O–H groups in total. The number of carbonyl (C=O) groups excluding carboxylic acids is 2. The summed E-state index contributed by atoms with van der Waals surface area (Å²) < 4.78 is 31.0. The quantitative estimate of drug-likeness (QED) is 0.676. The monoisotopic (exact) mass is 426 g/mol. The van der Waals surface area contributed by atoms with Crippen molar-refractivity contribution < 1.29 is 23.3 Å². The summed E-state index contributed by atoms with van der Waals surface area (Å²) in [5, 5.41) is 11.7. The van der Waals surface area contributed by atoms with E-state index in [9.17, 15) is 18.5 Å². The van der Waals surface area contributed by atoms with Crippen molar-refractivity contribution in [2.24, 2.45) is 0 Å². The summed E-state index contributed by atoms with van der Waals surface area (Å²) >= 11 is 0.320. The molecule has 1 aromatic carbocycles. The Morgan fingerprint density at radius 1 is 1.50 bits per heavy atom. The van der Waals surface area contributed by atoms with Crippen LogP contribution < -0.4 is 10.2 Å². The van der Waals surface area contributed by atoms with E-state index in [4.69, 9.17) is 4.74 Å². The van der Waals surface area contributed by atoms with Crippen LogP contribution in [-0.4, -0.2) is 58.0 Å². The van der Waals surface area contributed by atoms with Crippen LogP contribution in [0.5, 0.6) is 0 Å². The summed E-state index contributed by atoms with van der Waals surface area (Å²) in [6, 6.07) is 4.41. The highest BCUT2D eigenvalue weighted by molar-refractivity contribution is 7.90. The molecule has 2 heterocycles. The fourth-order valence-electron chi connectivity index (χ4n) is 2.64. The summed E-state index contributed by atoms with van der Waals surface area (Å²) in [4.78, 5) is 24.4. The van der Waals surface area contributed by atoms with Crippen LogP contribution >= 0.6 is 11.3 Å². The van der Waals surface area contributed by atoms with Gasteiger partial charge in [0.05, 0.1) is 25.0 Å². The Hall–Kier alpha value is -2.24. The maximum Gasteiger partial charge on any atom is 0.414 e. The van der Waals surface area contributed by atoms with Gasteiger partial charge < -0.3 is 14.6 Å². The van der Waals surface area contributed by atoms with Gasteiger partial charge in [-0.2, -0.15) is 0 Å². The Bertz CT molecular complexity index is 877. The largest absolute Gasteiger partial charge is 0.617 e. The number of rotatable bonds is 7. The molecule has 2 amide bonds. The van der Waals surface area contributed by atoms with E-state index >= 15 is 0 Å². The summed E-state index contributed by atoms with van der Waals surface area (Å²) in [5.41, 5.74) is 0.648. The molecule has 8 nitrogen and oxygen atoms in total. The van der Waals surface area contributed by atoms with Gasteiger partial charge >= 0.3 is 6.09 Å². The predicted octanol–water partition coefficient (Wildman–Crippen LogP) is 1.73. The van der Waals surface area contributed by atoms with Crippen molar-refractivity contribution in [1.82, 2.24) is 15.5 Å². The smallest absolute Gasteiger partial charge is 0.414 e. The van der Waals surface area contributed by atoms with Crippen LogP contribution in [0, 0.1) is 5.82 Å². The van der Waals surface area contributed by atoms with Crippen LogP contribution in [-0.2, 0) is 27.1 Å². The molecule has 0 aliphatic carbocycles. The first-order valence-electron chi connectivity index (χ1n) is 8.48. The van der Waals surface area contributed by atoms with Crippen LogP contribution in [0.3, 0.4) is 0 Å². The summed E-state index contributed by atoms with van der Waals surface area (Å²) in [5.74, 6) is -0.267. The number of anilines is 1. The zero-order valence-corrected chi connectivity index (χ0v) is 16.9. The second-order valence-electron chi connectivity index (χ2n) is 6.25. The van der Waals surface area contributed by atoms with Crippen molar-refractivity contribution in [1.29, 1.82) is 0 Å². The van der Waals surface area contributed by atoms with Gasteiger partial charge in [0, 0.05) is 18.9 Å². The van der Waals surface area contributed by atoms with Crippen molar-refractivity contribution in [3.63, 3.8) is 0 Å². The van der Waals surface area contributed by atoms with Gasteiger partial charge in [-0.05, 0) is 18.2 Å². The van der Waals surface area contributed by atoms with E-state index in [-0.39, 0.29) is 24.6 Å². The SMILES string of the molecule is CC(=O)NC[C@H]1CN(c2ccc(-c3nnc(CC[S@+](C)[O-])s3)c(F)c2)C(=O)O1. The second kappa shape index (κ2) is 8.84. The minimum absolute atomic E-state index is 0.203. The Morgan fingerprint density at radius 2 is 2.29 bits per heavy atom. The standard InChI is InChI=1S/C17H19FN4O4S2/c1-10(23)19-8-12-9-22(17(24)26-12)11-3-4-13(14(18)7-11)16-21-20-15(27-16)5-6-28(2)25/h3-4,7,12H,5-6,8-9H2,1-2H3,(H,19,23)/t12-,28-/m0/s1. The van der Waals surface area contributed by atoms with E-state index in [0.717, 1.165) is 0 Å². The van der Waals surface area contributed by atoms with E-state index in [1.165, 1.54) is 29.2 Å². The molecule has 1 aliphatic heterocycles. The minimum atomic E-state index is -0.929. The Kier molecular flexibility index (Phi) is 6.47. The molecule has 28 heavy (non-hydrogen) atoms. The van der Waals surface area contributed by atoms with E-state index in [1.54, 1.807) is 18.4 Å². The van der Waals surface area contributed by atoms with E-state index in [2.05, 4.69) is 15.5 Å². The number of carbonyl (C=O) groups is 2. The predicted molar refractivity (Wildman–Crippen MR) is 104 cm³/mol. The van der Waals surface area contributed by atoms with Gasteiger partial charge in [-0.1, -0.05) is 22.5 Å². The lowest BCUT2D eigenvalue weighted by Gasteiger charge is -2.14. The van der Waals surface area contributed by atoms with Gasteiger partial charge in [-0.25, -0.2) is 9.18 Å². The van der Waals surface area contributed by atoms with Crippen LogP contribution in [0.15, 0.2) is 18.2 Å². The number of ether oxygens (including phenoxy) is 1. The lowest BCUT2D eigenvalue weighted by atomic mass is 10.2. The van der Waals surface area contributed by atoms with Crippen LogP contribution in [0.4, 0.5) is 14.9 Å². The average molecular weight is 426 g/mol. The highest BCUT2D eigenvalue weighted by Crippen LogP contribution is 2.30. The molecule has 3 rings (SSSR count). The van der Waals surface area contributed by atoms with Gasteiger partial charge in [-0.3, -0.25) is 9.69 Å². The Morgan fingerprint density at radius 3 is 2.96 bits per heavy atom. The van der Waals surface area contributed by atoms with Gasteiger partial charge in [0.15, 0.2) is 5.01 Å². The third kappa shape index (κ3) is 4.97. The first-order valence-corrected chi connectivity index (χ1v) is 11.0. The molecule has 1 aliphatic rings. The zero-order valence-electron chi connectivity index (χ0n) is 15.3. The van der Waals surface area contributed by atoms with Crippen LogP contribution in [0.1, 0.15) is 11.9 Å². The number of benzene rings is 1. The van der Waals surface area contributed by atoms with Gasteiger partial charge in [0.1, 0.15) is 22.7 Å². The minimum Gasteiger partial charge on any atom is -0.617 e. The molecular weight excluding hydrogens is 407 g/mol. The molecule has 11 heteroatoms. The van der Waals surface area contributed by atoms with Crippen molar-refractivity contribution in [2.45, 2.75) is 19.4 Å². The molecule has 0 unspecified atom stereocenters. The Balaban J connectivity index is 1.70. The molecule has 0 saturated carbocycles. The number of hydrogen-bond acceptors (Lipinski definition) is 7. The molecular formula is C17H19FN4O4S2. The number of aromatic nitrogens is 2. The maximum atomic E-state index is 14.6. The fourth-order valence-corrected chi connectivity index (χ4v) is 4.11. The number of halogens is 1. The first kappa shape index (κ1) is 20.5. The summed E-state index contributed by atoms with van der Waals surface area (Å²) in [7, 11) is 0. The van der Waals surface area contributed by atoms with Gasteiger partial charge in [0.2, 0.25) is 5.91 Å². The van der Waals surface area contributed by atoms with Crippen molar-refractivity contribution in [3.8, 4) is 10.6 Å². The van der Waals surface area contributed by atoms with Gasteiger partial charge in [0.25, 0.3) is 0 Å². The second-order valence-corrected chi connectivity index (χ2v) is 8.86. The zero-order chi connectivity index (χ0) is 20.3. The third-order valence-electron chi connectivity index (χ3n) is 4.02. The van der Waals surface area contributed by atoms with Crippen molar-refractivity contribution in [3.05, 3.63) is 29.0 Å². The number of amides is 2. The molecule has 1 saturated heterocycles. The Labute approximate surface area is 168 Å². The molecule has 0 radical (unpaired) electrons. The molecule has 1 fully saturated rings. The molecule has 0 bridgehead atoms.